The lowest BCUT2D eigenvalue weighted by Gasteiger charge is -2.25. The summed E-state index contributed by atoms with van der Waals surface area (Å²) in [7, 11) is 0. The van der Waals surface area contributed by atoms with Crippen LogP contribution in [0.15, 0.2) is 24.3 Å². The summed E-state index contributed by atoms with van der Waals surface area (Å²) in [6.45, 7) is 14.5. The number of hydrogen-bond acceptors (Lipinski definition) is 2. The first-order valence-electron chi connectivity index (χ1n) is 7.69. The number of rotatable bonds is 8. The molecule has 0 saturated heterocycles. The molecule has 2 atom stereocenters. The van der Waals surface area contributed by atoms with E-state index in [1.165, 1.54) is 17.7 Å². The molecule has 19 heavy (non-hydrogen) atoms. The molecule has 0 aliphatic heterocycles. The average Bonchev–Trinajstić information content (AvgIpc) is 2.45. The second kappa shape index (κ2) is 8.21. The monoisotopic (exact) mass is 262 g/mol. The zero-order valence-corrected chi connectivity index (χ0v) is 13.2. The Morgan fingerprint density at radius 3 is 2.26 bits per heavy atom. The van der Waals surface area contributed by atoms with Crippen molar-refractivity contribution in [3.63, 3.8) is 0 Å². The lowest BCUT2D eigenvalue weighted by atomic mass is 10.00. The SMILES string of the molecule is CCC(C)C(C)Nc1ccccc1CN(CC)CC. The highest BCUT2D eigenvalue weighted by Gasteiger charge is 2.12. The fourth-order valence-electron chi connectivity index (χ4n) is 2.23. The number of nitrogens with one attached hydrogen (secondary N) is 1. The zero-order chi connectivity index (χ0) is 14.3. The summed E-state index contributed by atoms with van der Waals surface area (Å²) < 4.78 is 0. The molecule has 0 spiro atoms. The maximum absolute atomic E-state index is 3.69. The third-order valence-electron chi connectivity index (χ3n) is 4.19. The van der Waals surface area contributed by atoms with E-state index in [4.69, 9.17) is 0 Å². The molecule has 108 valence electrons. The maximum atomic E-state index is 3.69. The van der Waals surface area contributed by atoms with E-state index in [0.29, 0.717) is 12.0 Å². The van der Waals surface area contributed by atoms with Crippen molar-refractivity contribution >= 4 is 5.69 Å². The van der Waals surface area contributed by atoms with E-state index in [1.807, 2.05) is 0 Å². The lowest BCUT2D eigenvalue weighted by molar-refractivity contribution is 0.296. The Labute approximate surface area is 119 Å². The molecule has 0 fully saturated rings. The van der Waals surface area contributed by atoms with Gasteiger partial charge in [-0.2, -0.15) is 0 Å². The molecule has 2 nitrogen and oxygen atoms in total. The second-order valence-electron chi connectivity index (χ2n) is 5.44. The molecular formula is C17H30N2. The summed E-state index contributed by atoms with van der Waals surface area (Å²) in [6.07, 6.45) is 1.21. The highest BCUT2D eigenvalue weighted by Crippen LogP contribution is 2.20. The van der Waals surface area contributed by atoms with Crippen molar-refractivity contribution in [3.8, 4) is 0 Å². The van der Waals surface area contributed by atoms with Gasteiger partial charge in [0.05, 0.1) is 0 Å². The summed E-state index contributed by atoms with van der Waals surface area (Å²) in [5.41, 5.74) is 2.70. The van der Waals surface area contributed by atoms with Crippen LogP contribution in [0.2, 0.25) is 0 Å². The normalized spacial score (nSPS) is 14.4. The second-order valence-corrected chi connectivity index (χ2v) is 5.44. The molecule has 2 heteroatoms. The predicted molar refractivity (Wildman–Crippen MR) is 85.6 cm³/mol. The molecule has 1 rings (SSSR count). The number of nitrogens with zero attached hydrogens (tertiary/aromatic N) is 1. The number of hydrogen-bond donors (Lipinski definition) is 1. The van der Waals surface area contributed by atoms with Crippen LogP contribution in [0.3, 0.4) is 0 Å². The third-order valence-corrected chi connectivity index (χ3v) is 4.19. The molecule has 0 aliphatic rings. The third kappa shape index (κ3) is 4.87. The number of para-hydroxylation sites is 1. The van der Waals surface area contributed by atoms with Crippen LogP contribution in [0.4, 0.5) is 5.69 Å². The lowest BCUT2D eigenvalue weighted by Crippen LogP contribution is -2.26. The Balaban J connectivity index is 2.78. The van der Waals surface area contributed by atoms with Gasteiger partial charge in [0.25, 0.3) is 0 Å². The summed E-state index contributed by atoms with van der Waals surface area (Å²) in [4.78, 5) is 2.45. The van der Waals surface area contributed by atoms with Gasteiger partial charge in [0.1, 0.15) is 0 Å². The zero-order valence-electron chi connectivity index (χ0n) is 13.2. The average molecular weight is 262 g/mol. The van der Waals surface area contributed by atoms with Crippen LogP contribution in [0.1, 0.15) is 46.6 Å². The van der Waals surface area contributed by atoms with Crippen LogP contribution in [0.5, 0.6) is 0 Å². The Morgan fingerprint density at radius 2 is 1.68 bits per heavy atom. The standard InChI is InChI=1S/C17H30N2/c1-6-14(4)15(5)18-17-12-10-9-11-16(17)13-19(7-2)8-3/h9-12,14-15,18H,6-8,13H2,1-5H3. The van der Waals surface area contributed by atoms with Crippen LogP contribution in [0.25, 0.3) is 0 Å². The minimum absolute atomic E-state index is 0.517. The molecular weight excluding hydrogens is 232 g/mol. The van der Waals surface area contributed by atoms with Gasteiger partial charge in [-0.1, -0.05) is 52.3 Å². The van der Waals surface area contributed by atoms with Gasteiger partial charge < -0.3 is 5.32 Å². The molecule has 1 N–H and O–H groups in total. The van der Waals surface area contributed by atoms with Crippen molar-refractivity contribution < 1.29 is 0 Å². The highest BCUT2D eigenvalue weighted by atomic mass is 15.1. The highest BCUT2D eigenvalue weighted by molar-refractivity contribution is 5.51. The first-order chi connectivity index (χ1) is 9.12. The molecule has 0 heterocycles. The number of anilines is 1. The summed E-state index contributed by atoms with van der Waals surface area (Å²) in [6, 6.07) is 9.22. The fourth-order valence-corrected chi connectivity index (χ4v) is 2.23. The fraction of sp³-hybridized carbons (Fsp3) is 0.647. The molecule has 0 aromatic heterocycles. The van der Waals surface area contributed by atoms with E-state index in [2.05, 4.69) is 69.1 Å². The van der Waals surface area contributed by atoms with Crippen LogP contribution in [-0.2, 0) is 6.54 Å². The van der Waals surface area contributed by atoms with Crippen molar-refractivity contribution in [2.75, 3.05) is 18.4 Å². The Kier molecular flexibility index (Phi) is 6.93. The first kappa shape index (κ1) is 16.0. The Morgan fingerprint density at radius 1 is 1.05 bits per heavy atom. The summed E-state index contributed by atoms with van der Waals surface area (Å²) in [5, 5.41) is 3.69. The van der Waals surface area contributed by atoms with Gasteiger partial charge >= 0.3 is 0 Å². The van der Waals surface area contributed by atoms with E-state index in [9.17, 15) is 0 Å². The van der Waals surface area contributed by atoms with E-state index in [0.717, 1.165) is 19.6 Å². The Bertz CT molecular complexity index is 358. The van der Waals surface area contributed by atoms with Gasteiger partial charge in [-0.3, -0.25) is 4.90 Å². The maximum Gasteiger partial charge on any atom is 0.0388 e. The minimum Gasteiger partial charge on any atom is -0.382 e. The van der Waals surface area contributed by atoms with E-state index < -0.39 is 0 Å². The minimum atomic E-state index is 0.517. The quantitative estimate of drug-likeness (QED) is 0.748. The molecule has 1 aromatic rings. The molecule has 2 unspecified atom stereocenters. The van der Waals surface area contributed by atoms with Crippen LogP contribution in [0, 0.1) is 5.92 Å². The van der Waals surface area contributed by atoms with Gasteiger partial charge in [0.2, 0.25) is 0 Å². The molecule has 0 bridgehead atoms. The van der Waals surface area contributed by atoms with Gasteiger partial charge in [-0.15, -0.1) is 0 Å². The largest absolute Gasteiger partial charge is 0.382 e. The number of benzene rings is 1. The van der Waals surface area contributed by atoms with E-state index in [1.54, 1.807) is 0 Å². The topological polar surface area (TPSA) is 15.3 Å². The molecule has 1 aromatic carbocycles. The molecule has 0 aliphatic carbocycles. The summed E-state index contributed by atoms with van der Waals surface area (Å²) >= 11 is 0. The van der Waals surface area contributed by atoms with Crippen molar-refractivity contribution in [2.45, 2.75) is 53.6 Å². The summed E-state index contributed by atoms with van der Waals surface area (Å²) in [5.74, 6) is 0.696. The van der Waals surface area contributed by atoms with Crippen LogP contribution >= 0.6 is 0 Å². The smallest absolute Gasteiger partial charge is 0.0388 e. The first-order valence-corrected chi connectivity index (χ1v) is 7.69. The Hall–Kier alpha value is -1.02. The van der Waals surface area contributed by atoms with Crippen LogP contribution in [-0.4, -0.2) is 24.0 Å². The van der Waals surface area contributed by atoms with Gasteiger partial charge in [0, 0.05) is 18.3 Å². The van der Waals surface area contributed by atoms with Crippen molar-refractivity contribution in [3.05, 3.63) is 29.8 Å². The van der Waals surface area contributed by atoms with Crippen LogP contribution < -0.4 is 5.32 Å². The van der Waals surface area contributed by atoms with E-state index >= 15 is 0 Å². The van der Waals surface area contributed by atoms with Gasteiger partial charge in [-0.25, -0.2) is 0 Å². The van der Waals surface area contributed by atoms with Crippen molar-refractivity contribution in [1.82, 2.24) is 4.90 Å². The molecule has 0 radical (unpaired) electrons. The van der Waals surface area contributed by atoms with Crippen molar-refractivity contribution in [2.24, 2.45) is 5.92 Å². The van der Waals surface area contributed by atoms with Gasteiger partial charge in [0.15, 0.2) is 0 Å². The molecule has 0 saturated carbocycles. The van der Waals surface area contributed by atoms with Crippen molar-refractivity contribution in [1.29, 1.82) is 0 Å². The predicted octanol–water partition coefficient (Wildman–Crippen LogP) is 4.37. The van der Waals surface area contributed by atoms with Gasteiger partial charge in [-0.05, 0) is 37.6 Å². The molecule has 0 amide bonds. The van der Waals surface area contributed by atoms with E-state index in [-0.39, 0.29) is 0 Å².